The number of anilines is 1. The Labute approximate surface area is 119 Å². The van der Waals surface area contributed by atoms with Gasteiger partial charge in [-0.2, -0.15) is 0 Å². The molecule has 2 aromatic rings. The molecule has 0 saturated carbocycles. The summed E-state index contributed by atoms with van der Waals surface area (Å²) in [5.74, 6) is -3.43. The maximum absolute atomic E-state index is 13.7. The SMILES string of the molecule is CC(NC(=O)c1c(F)ccc(N)c1F)c1ccc(F)cc1. The van der Waals surface area contributed by atoms with Gasteiger partial charge in [0.2, 0.25) is 0 Å². The second kappa shape index (κ2) is 5.87. The summed E-state index contributed by atoms with van der Waals surface area (Å²) < 4.78 is 40.2. The van der Waals surface area contributed by atoms with Crippen molar-refractivity contribution in [1.82, 2.24) is 5.32 Å². The monoisotopic (exact) mass is 294 g/mol. The van der Waals surface area contributed by atoms with Gasteiger partial charge in [-0.05, 0) is 36.8 Å². The zero-order chi connectivity index (χ0) is 15.6. The van der Waals surface area contributed by atoms with E-state index in [1.807, 2.05) is 0 Å². The molecule has 0 radical (unpaired) electrons. The van der Waals surface area contributed by atoms with Gasteiger partial charge in [-0.25, -0.2) is 13.2 Å². The van der Waals surface area contributed by atoms with Crippen molar-refractivity contribution in [3.63, 3.8) is 0 Å². The lowest BCUT2D eigenvalue weighted by atomic mass is 10.1. The zero-order valence-electron chi connectivity index (χ0n) is 11.2. The van der Waals surface area contributed by atoms with Crippen molar-refractivity contribution in [3.05, 3.63) is 65.0 Å². The minimum Gasteiger partial charge on any atom is -0.396 e. The number of nitrogens with one attached hydrogen (secondary N) is 1. The van der Waals surface area contributed by atoms with E-state index >= 15 is 0 Å². The topological polar surface area (TPSA) is 55.1 Å². The van der Waals surface area contributed by atoms with Gasteiger partial charge in [0.25, 0.3) is 5.91 Å². The van der Waals surface area contributed by atoms with Crippen LogP contribution in [-0.4, -0.2) is 5.91 Å². The Kier molecular flexibility index (Phi) is 4.16. The summed E-state index contributed by atoms with van der Waals surface area (Å²) in [6, 6.07) is 6.86. The van der Waals surface area contributed by atoms with E-state index in [1.165, 1.54) is 24.3 Å². The molecule has 6 heteroatoms. The number of carbonyl (C=O) groups excluding carboxylic acids is 1. The Hall–Kier alpha value is -2.50. The molecule has 1 atom stereocenters. The van der Waals surface area contributed by atoms with Gasteiger partial charge < -0.3 is 11.1 Å². The fourth-order valence-electron chi connectivity index (χ4n) is 1.88. The van der Waals surface area contributed by atoms with Gasteiger partial charge in [-0.3, -0.25) is 4.79 Å². The van der Waals surface area contributed by atoms with Gasteiger partial charge in [0, 0.05) is 0 Å². The van der Waals surface area contributed by atoms with Crippen LogP contribution < -0.4 is 11.1 Å². The first-order valence-electron chi connectivity index (χ1n) is 6.20. The first kappa shape index (κ1) is 14.9. The molecule has 0 bridgehead atoms. The first-order chi connectivity index (χ1) is 9.90. The summed E-state index contributed by atoms with van der Waals surface area (Å²) in [5, 5.41) is 2.44. The molecule has 21 heavy (non-hydrogen) atoms. The largest absolute Gasteiger partial charge is 0.396 e. The highest BCUT2D eigenvalue weighted by Crippen LogP contribution is 2.20. The van der Waals surface area contributed by atoms with Crippen LogP contribution in [0, 0.1) is 17.5 Å². The molecule has 0 heterocycles. The maximum atomic E-state index is 13.7. The lowest BCUT2D eigenvalue weighted by molar-refractivity contribution is 0.0931. The fraction of sp³-hybridized carbons (Fsp3) is 0.133. The number of benzene rings is 2. The summed E-state index contributed by atoms with van der Waals surface area (Å²) in [4.78, 5) is 12.0. The average molecular weight is 294 g/mol. The van der Waals surface area contributed by atoms with Gasteiger partial charge in [-0.1, -0.05) is 12.1 Å². The Balaban J connectivity index is 2.22. The normalized spacial score (nSPS) is 12.0. The third kappa shape index (κ3) is 3.16. The van der Waals surface area contributed by atoms with E-state index < -0.39 is 35.0 Å². The van der Waals surface area contributed by atoms with Crippen LogP contribution in [0.25, 0.3) is 0 Å². The van der Waals surface area contributed by atoms with Crippen molar-refractivity contribution in [1.29, 1.82) is 0 Å². The van der Waals surface area contributed by atoms with Crippen LogP contribution in [0.15, 0.2) is 36.4 Å². The fourth-order valence-corrected chi connectivity index (χ4v) is 1.88. The molecule has 1 unspecified atom stereocenters. The van der Waals surface area contributed by atoms with Gasteiger partial charge in [0.1, 0.15) is 17.2 Å². The van der Waals surface area contributed by atoms with Crippen LogP contribution in [0.3, 0.4) is 0 Å². The van der Waals surface area contributed by atoms with E-state index in [2.05, 4.69) is 5.32 Å². The van der Waals surface area contributed by atoms with E-state index in [4.69, 9.17) is 5.73 Å². The number of nitrogen functional groups attached to an aromatic ring is 1. The third-order valence-corrected chi connectivity index (χ3v) is 3.07. The minimum atomic E-state index is -1.10. The molecule has 0 aliphatic heterocycles. The molecular weight excluding hydrogens is 281 g/mol. The van der Waals surface area contributed by atoms with Crippen molar-refractivity contribution >= 4 is 11.6 Å². The molecule has 110 valence electrons. The quantitative estimate of drug-likeness (QED) is 0.854. The van der Waals surface area contributed by atoms with Crippen LogP contribution in [0.1, 0.15) is 28.9 Å². The summed E-state index contributed by atoms with van der Waals surface area (Å²) in [6.07, 6.45) is 0. The predicted molar refractivity (Wildman–Crippen MR) is 73.1 cm³/mol. The van der Waals surface area contributed by atoms with Crippen molar-refractivity contribution in [2.75, 3.05) is 5.73 Å². The Morgan fingerprint density at radius 2 is 1.71 bits per heavy atom. The van der Waals surface area contributed by atoms with Crippen molar-refractivity contribution in [3.8, 4) is 0 Å². The van der Waals surface area contributed by atoms with Crippen molar-refractivity contribution in [2.24, 2.45) is 0 Å². The van der Waals surface area contributed by atoms with E-state index in [-0.39, 0.29) is 5.69 Å². The molecule has 0 aliphatic rings. The van der Waals surface area contributed by atoms with E-state index in [0.29, 0.717) is 5.56 Å². The number of hydrogen-bond donors (Lipinski definition) is 2. The zero-order valence-corrected chi connectivity index (χ0v) is 11.2. The second-order valence-electron chi connectivity index (χ2n) is 4.57. The summed E-state index contributed by atoms with van der Waals surface area (Å²) >= 11 is 0. The van der Waals surface area contributed by atoms with Crippen molar-refractivity contribution in [2.45, 2.75) is 13.0 Å². The van der Waals surface area contributed by atoms with Crippen LogP contribution >= 0.6 is 0 Å². The molecule has 0 aromatic heterocycles. The summed E-state index contributed by atoms with van der Waals surface area (Å²) in [5.41, 5.74) is 4.89. The van der Waals surface area contributed by atoms with Gasteiger partial charge in [-0.15, -0.1) is 0 Å². The average Bonchev–Trinajstić information content (AvgIpc) is 2.44. The highest BCUT2D eigenvalue weighted by Gasteiger charge is 2.21. The van der Waals surface area contributed by atoms with Crippen LogP contribution in [0.4, 0.5) is 18.9 Å². The van der Waals surface area contributed by atoms with E-state index in [9.17, 15) is 18.0 Å². The molecule has 0 aliphatic carbocycles. The standard InChI is InChI=1S/C15H13F3N2O/c1-8(9-2-4-10(16)5-3-9)20-15(21)13-11(17)6-7-12(19)14(13)18/h2-8H,19H2,1H3,(H,20,21). The number of nitrogens with two attached hydrogens (primary N) is 1. The summed E-state index contributed by atoms with van der Waals surface area (Å²) in [7, 11) is 0. The van der Waals surface area contributed by atoms with Gasteiger partial charge in [0.15, 0.2) is 5.82 Å². The van der Waals surface area contributed by atoms with Gasteiger partial charge in [0.05, 0.1) is 11.7 Å². The lowest BCUT2D eigenvalue weighted by Gasteiger charge is -2.15. The second-order valence-corrected chi connectivity index (χ2v) is 4.57. The molecule has 3 nitrogen and oxygen atoms in total. The first-order valence-corrected chi connectivity index (χ1v) is 6.20. The van der Waals surface area contributed by atoms with E-state index in [0.717, 1.165) is 12.1 Å². The highest BCUT2D eigenvalue weighted by molar-refractivity contribution is 5.95. The molecule has 1 amide bonds. The van der Waals surface area contributed by atoms with Crippen molar-refractivity contribution < 1.29 is 18.0 Å². The summed E-state index contributed by atoms with van der Waals surface area (Å²) in [6.45, 7) is 1.62. The Morgan fingerprint density at radius 1 is 1.10 bits per heavy atom. The smallest absolute Gasteiger partial charge is 0.257 e. The van der Waals surface area contributed by atoms with E-state index in [1.54, 1.807) is 6.92 Å². The third-order valence-electron chi connectivity index (χ3n) is 3.07. The molecule has 0 spiro atoms. The van der Waals surface area contributed by atoms with Crippen LogP contribution in [-0.2, 0) is 0 Å². The number of halogens is 3. The Morgan fingerprint density at radius 3 is 2.33 bits per heavy atom. The van der Waals surface area contributed by atoms with Gasteiger partial charge >= 0.3 is 0 Å². The number of hydrogen-bond acceptors (Lipinski definition) is 2. The molecule has 0 saturated heterocycles. The lowest BCUT2D eigenvalue weighted by Crippen LogP contribution is -2.28. The molecule has 2 rings (SSSR count). The predicted octanol–water partition coefficient (Wildman–Crippen LogP) is 3.18. The minimum absolute atomic E-state index is 0.309. The molecule has 2 aromatic carbocycles. The highest BCUT2D eigenvalue weighted by atomic mass is 19.1. The van der Waals surface area contributed by atoms with Crippen LogP contribution in [0.5, 0.6) is 0 Å². The number of amides is 1. The maximum Gasteiger partial charge on any atom is 0.257 e. The number of carbonyl (C=O) groups is 1. The molecule has 0 fully saturated rings. The van der Waals surface area contributed by atoms with Crippen LogP contribution in [0.2, 0.25) is 0 Å². The number of rotatable bonds is 3. The molecule has 3 N–H and O–H groups in total. The molecular formula is C15H13F3N2O. The Bertz CT molecular complexity index is 671.